The average Bonchev–Trinajstić information content (AvgIpc) is 3.05. The second-order valence-corrected chi connectivity index (χ2v) is 6.58. The molecule has 1 amide bonds. The fraction of sp³-hybridized carbons (Fsp3) is 0.294. The molecule has 4 heterocycles. The normalized spacial score (nSPS) is 17.8. The van der Waals surface area contributed by atoms with Crippen molar-refractivity contribution in [3.63, 3.8) is 0 Å². The molecule has 4 rings (SSSR count). The third-order valence-corrected chi connectivity index (χ3v) is 4.70. The minimum absolute atomic E-state index is 0.157. The SMILES string of the molecule is NC(=O)C1CCCN(c2nccc(-c3cnc4ccc(Cl)cn34)n2)C1. The van der Waals surface area contributed by atoms with Crippen LogP contribution in [0.15, 0.2) is 36.8 Å². The third kappa shape index (κ3) is 3.02. The molecule has 0 radical (unpaired) electrons. The van der Waals surface area contributed by atoms with E-state index in [0.29, 0.717) is 17.5 Å². The van der Waals surface area contributed by atoms with Crippen molar-refractivity contribution in [1.82, 2.24) is 19.4 Å². The van der Waals surface area contributed by atoms with Crippen LogP contribution in [0.25, 0.3) is 17.0 Å². The monoisotopic (exact) mass is 356 g/mol. The molecule has 8 heteroatoms. The highest BCUT2D eigenvalue weighted by molar-refractivity contribution is 6.30. The lowest BCUT2D eigenvalue weighted by atomic mass is 9.98. The molecule has 1 aliphatic heterocycles. The number of nitrogens with two attached hydrogens (primary N) is 1. The standard InChI is InChI=1S/C17H17ClN6O/c18-12-3-4-15-21-8-14(24(15)10-12)13-5-6-20-17(22-13)23-7-1-2-11(9-23)16(19)25/h3-6,8,10-11H,1-2,7,9H2,(H2,19,25). The Morgan fingerprint density at radius 1 is 1.28 bits per heavy atom. The number of carbonyl (C=O) groups is 1. The van der Waals surface area contributed by atoms with E-state index in [0.717, 1.165) is 36.4 Å². The molecule has 1 unspecified atom stereocenters. The first kappa shape index (κ1) is 15.8. The molecule has 7 nitrogen and oxygen atoms in total. The van der Waals surface area contributed by atoms with Gasteiger partial charge in [-0.05, 0) is 31.0 Å². The maximum Gasteiger partial charge on any atom is 0.225 e. The number of rotatable bonds is 3. The molecule has 1 fully saturated rings. The van der Waals surface area contributed by atoms with Crippen LogP contribution in [0.2, 0.25) is 5.02 Å². The van der Waals surface area contributed by atoms with Gasteiger partial charge in [0.25, 0.3) is 0 Å². The van der Waals surface area contributed by atoms with Gasteiger partial charge in [0.05, 0.1) is 28.5 Å². The van der Waals surface area contributed by atoms with E-state index in [2.05, 4.69) is 15.0 Å². The Morgan fingerprint density at radius 3 is 3.00 bits per heavy atom. The molecule has 2 N–H and O–H groups in total. The predicted molar refractivity (Wildman–Crippen MR) is 95.4 cm³/mol. The van der Waals surface area contributed by atoms with Gasteiger partial charge in [-0.15, -0.1) is 0 Å². The molecular formula is C17H17ClN6O. The number of amides is 1. The Morgan fingerprint density at radius 2 is 2.16 bits per heavy atom. The molecule has 1 aliphatic rings. The molecule has 0 saturated carbocycles. The van der Waals surface area contributed by atoms with Crippen molar-refractivity contribution in [2.45, 2.75) is 12.8 Å². The van der Waals surface area contributed by atoms with Crippen LogP contribution >= 0.6 is 11.6 Å². The van der Waals surface area contributed by atoms with Gasteiger partial charge in [0, 0.05) is 25.5 Å². The number of nitrogens with zero attached hydrogens (tertiary/aromatic N) is 5. The zero-order valence-corrected chi connectivity index (χ0v) is 14.2. The van der Waals surface area contributed by atoms with E-state index in [1.165, 1.54) is 0 Å². The van der Waals surface area contributed by atoms with E-state index in [1.54, 1.807) is 18.5 Å². The van der Waals surface area contributed by atoms with Crippen LogP contribution in [-0.2, 0) is 4.79 Å². The highest BCUT2D eigenvalue weighted by Gasteiger charge is 2.25. The summed E-state index contributed by atoms with van der Waals surface area (Å²) in [6, 6.07) is 5.50. The van der Waals surface area contributed by atoms with E-state index >= 15 is 0 Å². The largest absolute Gasteiger partial charge is 0.369 e. The summed E-state index contributed by atoms with van der Waals surface area (Å²) in [5, 5.41) is 0.626. The van der Waals surface area contributed by atoms with Crippen molar-refractivity contribution in [2.24, 2.45) is 11.7 Å². The van der Waals surface area contributed by atoms with Crippen molar-refractivity contribution in [3.8, 4) is 11.4 Å². The van der Waals surface area contributed by atoms with Crippen LogP contribution < -0.4 is 10.6 Å². The lowest BCUT2D eigenvalue weighted by molar-refractivity contribution is -0.122. The summed E-state index contributed by atoms with van der Waals surface area (Å²) in [4.78, 5) is 26.9. The van der Waals surface area contributed by atoms with E-state index < -0.39 is 0 Å². The summed E-state index contributed by atoms with van der Waals surface area (Å²) < 4.78 is 1.90. The van der Waals surface area contributed by atoms with Crippen molar-refractivity contribution in [2.75, 3.05) is 18.0 Å². The van der Waals surface area contributed by atoms with E-state index in [1.807, 2.05) is 27.6 Å². The van der Waals surface area contributed by atoms with Crippen LogP contribution in [0.3, 0.4) is 0 Å². The van der Waals surface area contributed by atoms with Gasteiger partial charge >= 0.3 is 0 Å². The van der Waals surface area contributed by atoms with Gasteiger partial charge in [-0.3, -0.25) is 9.20 Å². The number of piperidine rings is 1. The Bertz CT molecular complexity index is 940. The first-order valence-corrected chi connectivity index (χ1v) is 8.50. The lowest BCUT2D eigenvalue weighted by Crippen LogP contribution is -2.41. The van der Waals surface area contributed by atoms with Gasteiger partial charge in [0.15, 0.2) is 0 Å². The predicted octanol–water partition coefficient (Wildman–Crippen LogP) is 2.15. The number of primary amides is 1. The highest BCUT2D eigenvalue weighted by Crippen LogP contribution is 2.24. The van der Waals surface area contributed by atoms with Gasteiger partial charge in [-0.1, -0.05) is 11.6 Å². The minimum Gasteiger partial charge on any atom is -0.369 e. The number of aromatic nitrogens is 4. The molecule has 0 bridgehead atoms. The van der Waals surface area contributed by atoms with Crippen LogP contribution in [0.4, 0.5) is 5.95 Å². The second kappa shape index (κ2) is 6.33. The van der Waals surface area contributed by atoms with E-state index in [4.69, 9.17) is 17.3 Å². The van der Waals surface area contributed by atoms with Gasteiger partial charge in [0.2, 0.25) is 11.9 Å². The smallest absolute Gasteiger partial charge is 0.225 e. The first-order chi connectivity index (χ1) is 12.1. The third-order valence-electron chi connectivity index (χ3n) is 4.48. The zero-order valence-electron chi connectivity index (χ0n) is 13.5. The zero-order chi connectivity index (χ0) is 17.4. The number of pyridine rings is 1. The maximum absolute atomic E-state index is 11.5. The number of anilines is 1. The Labute approximate surface area is 149 Å². The number of fused-ring (bicyclic) bond motifs is 1. The van der Waals surface area contributed by atoms with Gasteiger partial charge in [-0.2, -0.15) is 0 Å². The number of halogens is 1. The summed E-state index contributed by atoms with van der Waals surface area (Å²) in [6.45, 7) is 1.37. The summed E-state index contributed by atoms with van der Waals surface area (Å²) >= 11 is 6.10. The molecule has 128 valence electrons. The minimum atomic E-state index is -0.266. The van der Waals surface area contributed by atoms with Crippen LogP contribution in [0.5, 0.6) is 0 Å². The molecule has 0 aromatic carbocycles. The Balaban J connectivity index is 1.69. The van der Waals surface area contributed by atoms with Crippen molar-refractivity contribution < 1.29 is 4.79 Å². The molecule has 25 heavy (non-hydrogen) atoms. The van der Waals surface area contributed by atoms with Crippen molar-refractivity contribution in [1.29, 1.82) is 0 Å². The summed E-state index contributed by atoms with van der Waals surface area (Å²) in [6.07, 6.45) is 7.00. The fourth-order valence-corrected chi connectivity index (χ4v) is 3.34. The molecule has 0 spiro atoms. The Hall–Kier alpha value is -2.67. The molecule has 3 aromatic heterocycles. The first-order valence-electron chi connectivity index (χ1n) is 8.12. The van der Waals surface area contributed by atoms with Crippen LogP contribution in [0, 0.1) is 5.92 Å². The summed E-state index contributed by atoms with van der Waals surface area (Å²) in [5.41, 5.74) is 7.85. The quantitative estimate of drug-likeness (QED) is 0.776. The summed E-state index contributed by atoms with van der Waals surface area (Å²) in [5.74, 6) is 0.174. The highest BCUT2D eigenvalue weighted by atomic mass is 35.5. The number of imidazole rings is 1. The molecular weight excluding hydrogens is 340 g/mol. The van der Waals surface area contributed by atoms with Crippen LogP contribution in [0.1, 0.15) is 12.8 Å². The molecule has 0 aliphatic carbocycles. The van der Waals surface area contributed by atoms with Crippen molar-refractivity contribution >= 4 is 29.1 Å². The number of hydrogen-bond acceptors (Lipinski definition) is 5. The van der Waals surface area contributed by atoms with Gasteiger partial charge in [-0.25, -0.2) is 15.0 Å². The van der Waals surface area contributed by atoms with E-state index in [9.17, 15) is 4.79 Å². The van der Waals surface area contributed by atoms with Crippen LogP contribution in [-0.4, -0.2) is 38.3 Å². The van der Waals surface area contributed by atoms with Gasteiger partial charge < -0.3 is 10.6 Å². The summed E-state index contributed by atoms with van der Waals surface area (Å²) in [7, 11) is 0. The van der Waals surface area contributed by atoms with Gasteiger partial charge in [0.1, 0.15) is 5.65 Å². The molecule has 1 atom stereocenters. The molecule has 1 saturated heterocycles. The second-order valence-electron chi connectivity index (χ2n) is 6.15. The topological polar surface area (TPSA) is 89.4 Å². The lowest BCUT2D eigenvalue weighted by Gasteiger charge is -2.31. The number of carbonyl (C=O) groups excluding carboxylic acids is 1. The fourth-order valence-electron chi connectivity index (χ4n) is 3.18. The molecule has 3 aromatic rings. The van der Waals surface area contributed by atoms with Crippen molar-refractivity contribution in [3.05, 3.63) is 41.8 Å². The Kier molecular flexibility index (Phi) is 4.01. The van der Waals surface area contributed by atoms with E-state index in [-0.39, 0.29) is 11.8 Å². The number of hydrogen-bond donors (Lipinski definition) is 1. The maximum atomic E-state index is 11.5. The average molecular weight is 357 g/mol.